The summed E-state index contributed by atoms with van der Waals surface area (Å²) in [5, 5.41) is 9.19. The third-order valence-electron chi connectivity index (χ3n) is 3.37. The van der Waals surface area contributed by atoms with E-state index in [4.69, 9.17) is 4.74 Å². The zero-order valence-corrected chi connectivity index (χ0v) is 12.8. The summed E-state index contributed by atoms with van der Waals surface area (Å²) < 4.78 is 28.1. The molecule has 0 saturated carbocycles. The van der Waals surface area contributed by atoms with Crippen molar-refractivity contribution in [3.05, 3.63) is 23.0 Å². The number of aliphatic hydroxyl groups excluding tert-OH is 1. The monoisotopic (exact) mass is 287 g/mol. The van der Waals surface area contributed by atoms with Crippen molar-refractivity contribution in [3.63, 3.8) is 0 Å². The number of pyridine rings is 1. The average Bonchev–Trinajstić information content (AvgIpc) is 2.31. The van der Waals surface area contributed by atoms with Crippen LogP contribution in [0.15, 0.2) is 6.20 Å². The maximum Gasteiger partial charge on any atom is 0.152 e. The molecule has 1 aromatic rings. The molecule has 0 amide bonds. The van der Waals surface area contributed by atoms with Gasteiger partial charge in [-0.2, -0.15) is 0 Å². The minimum Gasteiger partial charge on any atom is -0.496 e. The molecule has 0 radical (unpaired) electrons. The Kier molecular flexibility index (Phi) is 4.92. The van der Waals surface area contributed by atoms with E-state index in [0.717, 1.165) is 23.1 Å². The third kappa shape index (κ3) is 3.67. The van der Waals surface area contributed by atoms with Crippen molar-refractivity contribution in [2.45, 2.75) is 38.5 Å². The van der Waals surface area contributed by atoms with Crippen molar-refractivity contribution in [1.82, 2.24) is 4.98 Å². The largest absolute Gasteiger partial charge is 0.496 e. The van der Waals surface area contributed by atoms with Gasteiger partial charge in [-0.3, -0.25) is 4.98 Å². The van der Waals surface area contributed by atoms with E-state index < -0.39 is 21.2 Å². The zero-order chi connectivity index (χ0) is 14.8. The molecule has 1 aromatic heterocycles. The summed E-state index contributed by atoms with van der Waals surface area (Å²) in [6.07, 6.45) is 2.00. The number of ether oxygens (including phenoxy) is 1. The lowest BCUT2D eigenvalue weighted by molar-refractivity contribution is 0.171. The Morgan fingerprint density at radius 2 is 2.00 bits per heavy atom. The molecule has 2 atom stereocenters. The fourth-order valence-electron chi connectivity index (χ4n) is 1.93. The number of nitrogens with zero attached hydrogens (tertiary/aromatic N) is 1. The number of hydrogen-bond donors (Lipinski definition) is 1. The van der Waals surface area contributed by atoms with Gasteiger partial charge < -0.3 is 9.84 Å². The summed E-state index contributed by atoms with van der Waals surface area (Å²) in [6, 6.07) is 0. The maximum absolute atomic E-state index is 11.4. The second-order valence-electron chi connectivity index (χ2n) is 4.85. The molecule has 0 spiro atoms. The van der Waals surface area contributed by atoms with Crippen LogP contribution in [0, 0.1) is 13.8 Å². The molecule has 5 nitrogen and oxygen atoms in total. The molecule has 19 heavy (non-hydrogen) atoms. The SMILES string of the molecule is COc1c(C)cnc(CC(O)C(C)S(C)(=O)=O)c1C. The molecule has 108 valence electrons. The van der Waals surface area contributed by atoms with Gasteiger partial charge in [0.25, 0.3) is 0 Å². The van der Waals surface area contributed by atoms with Crippen LogP contribution in [0.2, 0.25) is 0 Å². The van der Waals surface area contributed by atoms with Gasteiger partial charge in [0.15, 0.2) is 9.84 Å². The second kappa shape index (κ2) is 5.88. The Balaban J connectivity index is 3.01. The van der Waals surface area contributed by atoms with Gasteiger partial charge in [0.2, 0.25) is 0 Å². The van der Waals surface area contributed by atoms with E-state index in [9.17, 15) is 13.5 Å². The molecular formula is C13H21NO4S. The van der Waals surface area contributed by atoms with E-state index >= 15 is 0 Å². The van der Waals surface area contributed by atoms with E-state index in [1.54, 1.807) is 13.3 Å². The highest BCUT2D eigenvalue weighted by Crippen LogP contribution is 2.25. The molecule has 0 aliphatic heterocycles. The second-order valence-corrected chi connectivity index (χ2v) is 7.25. The molecule has 1 N–H and O–H groups in total. The van der Waals surface area contributed by atoms with E-state index in [-0.39, 0.29) is 6.42 Å². The summed E-state index contributed by atoms with van der Waals surface area (Å²) >= 11 is 0. The predicted octanol–water partition coefficient (Wildman–Crippen LogP) is 1.04. The molecule has 0 saturated heterocycles. The minimum atomic E-state index is -3.27. The summed E-state index contributed by atoms with van der Waals surface area (Å²) in [5.41, 5.74) is 2.40. The Labute approximate surface area is 114 Å². The average molecular weight is 287 g/mol. The van der Waals surface area contributed by atoms with Gasteiger partial charge in [0.1, 0.15) is 5.75 Å². The standard InChI is InChI=1S/C13H21NO4S/c1-8-7-14-11(9(2)13(8)18-4)6-12(15)10(3)19(5,16)17/h7,10,12,15H,6H2,1-5H3. The first kappa shape index (κ1) is 15.9. The molecule has 6 heteroatoms. The van der Waals surface area contributed by atoms with Gasteiger partial charge in [-0.15, -0.1) is 0 Å². The topological polar surface area (TPSA) is 76.5 Å². The minimum absolute atomic E-state index is 0.191. The highest BCUT2D eigenvalue weighted by molar-refractivity contribution is 7.91. The number of rotatable bonds is 5. The van der Waals surface area contributed by atoms with Gasteiger partial charge in [0.05, 0.1) is 18.5 Å². The Morgan fingerprint density at radius 1 is 1.42 bits per heavy atom. The summed E-state index contributed by atoms with van der Waals surface area (Å²) in [7, 11) is -1.69. The van der Waals surface area contributed by atoms with E-state index in [2.05, 4.69) is 4.98 Å². The van der Waals surface area contributed by atoms with Gasteiger partial charge in [-0.25, -0.2) is 8.42 Å². The van der Waals surface area contributed by atoms with Crippen LogP contribution in [0.3, 0.4) is 0 Å². The van der Waals surface area contributed by atoms with Crippen LogP contribution in [-0.2, 0) is 16.3 Å². The number of aromatic nitrogens is 1. The molecule has 2 unspecified atom stereocenters. The van der Waals surface area contributed by atoms with Crippen LogP contribution in [0.5, 0.6) is 5.75 Å². The Hall–Kier alpha value is -1.14. The lowest BCUT2D eigenvalue weighted by Gasteiger charge is -2.19. The fourth-order valence-corrected chi connectivity index (χ4v) is 2.59. The molecule has 1 heterocycles. The number of aliphatic hydroxyl groups is 1. The van der Waals surface area contributed by atoms with Crippen molar-refractivity contribution in [2.24, 2.45) is 0 Å². The normalized spacial score (nSPS) is 15.1. The fraction of sp³-hybridized carbons (Fsp3) is 0.615. The van der Waals surface area contributed by atoms with Crippen LogP contribution in [0.1, 0.15) is 23.7 Å². The number of hydrogen-bond acceptors (Lipinski definition) is 5. The van der Waals surface area contributed by atoms with Crippen LogP contribution in [0.4, 0.5) is 0 Å². The molecular weight excluding hydrogens is 266 g/mol. The predicted molar refractivity (Wildman–Crippen MR) is 74.3 cm³/mol. The van der Waals surface area contributed by atoms with E-state index in [0.29, 0.717) is 5.69 Å². The summed E-state index contributed by atoms with van der Waals surface area (Å²) in [5.74, 6) is 0.726. The Morgan fingerprint density at radius 3 is 2.47 bits per heavy atom. The van der Waals surface area contributed by atoms with E-state index in [1.165, 1.54) is 6.92 Å². The lowest BCUT2D eigenvalue weighted by Crippen LogP contribution is -2.32. The van der Waals surface area contributed by atoms with Crippen LogP contribution in [-0.4, -0.2) is 43.2 Å². The number of aryl methyl sites for hydroxylation is 1. The molecule has 0 aliphatic carbocycles. The van der Waals surface area contributed by atoms with Crippen molar-refractivity contribution in [2.75, 3.05) is 13.4 Å². The number of sulfone groups is 1. The quantitative estimate of drug-likeness (QED) is 0.875. The zero-order valence-electron chi connectivity index (χ0n) is 12.0. The van der Waals surface area contributed by atoms with Gasteiger partial charge in [-0.1, -0.05) is 0 Å². The maximum atomic E-state index is 11.4. The first-order valence-electron chi connectivity index (χ1n) is 6.04. The molecule has 0 bridgehead atoms. The molecule has 0 aromatic carbocycles. The highest BCUT2D eigenvalue weighted by Gasteiger charge is 2.25. The van der Waals surface area contributed by atoms with Gasteiger partial charge >= 0.3 is 0 Å². The first-order valence-corrected chi connectivity index (χ1v) is 8.00. The molecule has 0 aliphatic rings. The molecule has 1 rings (SSSR count). The third-order valence-corrected chi connectivity index (χ3v) is 5.03. The highest BCUT2D eigenvalue weighted by atomic mass is 32.2. The van der Waals surface area contributed by atoms with Crippen molar-refractivity contribution >= 4 is 9.84 Å². The summed E-state index contributed by atoms with van der Waals surface area (Å²) in [4.78, 5) is 4.26. The van der Waals surface area contributed by atoms with Crippen molar-refractivity contribution in [1.29, 1.82) is 0 Å². The molecule has 0 fully saturated rings. The van der Waals surface area contributed by atoms with Crippen molar-refractivity contribution in [3.8, 4) is 5.75 Å². The van der Waals surface area contributed by atoms with Crippen LogP contribution in [0.25, 0.3) is 0 Å². The van der Waals surface area contributed by atoms with Crippen molar-refractivity contribution < 1.29 is 18.3 Å². The van der Waals surface area contributed by atoms with Gasteiger partial charge in [0, 0.05) is 35.7 Å². The number of methoxy groups -OCH3 is 1. The first-order chi connectivity index (χ1) is 8.68. The van der Waals surface area contributed by atoms with Gasteiger partial charge in [-0.05, 0) is 20.8 Å². The van der Waals surface area contributed by atoms with Crippen LogP contribution < -0.4 is 4.74 Å². The smallest absolute Gasteiger partial charge is 0.152 e. The lowest BCUT2D eigenvalue weighted by atomic mass is 10.0. The summed E-state index contributed by atoms with van der Waals surface area (Å²) in [6.45, 7) is 5.24. The van der Waals surface area contributed by atoms with Crippen LogP contribution >= 0.6 is 0 Å². The van der Waals surface area contributed by atoms with E-state index in [1.807, 2.05) is 13.8 Å². The Bertz CT molecular complexity index is 554.